The highest BCUT2D eigenvalue weighted by molar-refractivity contribution is 7.88. The lowest BCUT2D eigenvalue weighted by atomic mass is 9.83. The lowest BCUT2D eigenvalue weighted by molar-refractivity contribution is 0.354. The summed E-state index contributed by atoms with van der Waals surface area (Å²) in [5, 5.41) is 3.68. The normalized spacial score (nSPS) is 34.0. The highest BCUT2D eigenvalue weighted by Gasteiger charge is 2.52. The molecule has 0 saturated carbocycles. The number of nitrogens with zero attached hydrogens (tertiary/aromatic N) is 1. The smallest absolute Gasteiger partial charge is 0.232 e. The van der Waals surface area contributed by atoms with Crippen molar-refractivity contribution in [2.45, 2.75) is 38.3 Å². The highest BCUT2D eigenvalue weighted by Crippen LogP contribution is 2.45. The van der Waals surface area contributed by atoms with E-state index in [1.54, 1.807) is 4.31 Å². The Morgan fingerprint density at radius 1 is 1.27 bits per heavy atom. The summed E-state index contributed by atoms with van der Waals surface area (Å²) in [6, 6.07) is 10.4. The summed E-state index contributed by atoms with van der Waals surface area (Å²) >= 11 is 0. The van der Waals surface area contributed by atoms with Crippen molar-refractivity contribution in [3.63, 3.8) is 0 Å². The first-order valence-electron chi connectivity index (χ1n) is 7.85. The van der Waals surface area contributed by atoms with E-state index in [-0.39, 0.29) is 5.54 Å². The minimum atomic E-state index is -3.25. The summed E-state index contributed by atoms with van der Waals surface area (Å²) in [5.41, 5.74) is 1.72. The molecule has 22 heavy (non-hydrogen) atoms. The molecular formula is C17H24N2O2S. The molecule has 0 amide bonds. The Labute approximate surface area is 133 Å². The maximum Gasteiger partial charge on any atom is 0.232 e. The zero-order chi connectivity index (χ0) is 16.0. The van der Waals surface area contributed by atoms with Gasteiger partial charge in [-0.05, 0) is 37.3 Å². The summed E-state index contributed by atoms with van der Waals surface area (Å²) in [5.74, 6) is 0.421. The Morgan fingerprint density at radius 2 is 1.95 bits per heavy atom. The van der Waals surface area contributed by atoms with Crippen molar-refractivity contribution in [2.75, 3.05) is 12.8 Å². The molecule has 0 bridgehead atoms. The number of sulfonamides is 1. The van der Waals surface area contributed by atoms with Gasteiger partial charge in [0.05, 0.1) is 11.8 Å². The quantitative estimate of drug-likeness (QED) is 0.910. The standard InChI is InChI=1S/C17H24N2O2S/c1-13-11-14(2)18-17(13)9-10-19(22(3,20)21)16(17)12-15-7-5-4-6-8-15/h4-8,12-14,18H,9-11H2,1-3H3/b16-12+/t13-,14+,17+/m0/s1. The molecule has 1 N–H and O–H groups in total. The molecule has 0 radical (unpaired) electrons. The Kier molecular flexibility index (Phi) is 3.81. The fourth-order valence-electron chi connectivity index (χ4n) is 4.02. The van der Waals surface area contributed by atoms with E-state index in [9.17, 15) is 8.42 Å². The molecule has 2 fully saturated rings. The van der Waals surface area contributed by atoms with E-state index in [0.29, 0.717) is 18.5 Å². The third-order valence-corrected chi connectivity index (χ3v) is 6.17. The minimum absolute atomic E-state index is 0.224. The van der Waals surface area contributed by atoms with Crippen molar-refractivity contribution >= 4 is 16.1 Å². The summed E-state index contributed by atoms with van der Waals surface area (Å²) in [7, 11) is -3.25. The van der Waals surface area contributed by atoms with Crippen molar-refractivity contribution in [1.29, 1.82) is 0 Å². The molecule has 2 aliphatic rings. The SMILES string of the molecule is C[C@@H]1C[C@H](C)[C@@]2(CCN(S(C)(=O)=O)/C2=C/c2ccccc2)N1. The Bertz CT molecular complexity index is 684. The van der Waals surface area contributed by atoms with Gasteiger partial charge in [-0.3, -0.25) is 4.31 Å². The third kappa shape index (κ3) is 2.57. The Balaban J connectivity index is 2.11. The molecule has 2 heterocycles. The zero-order valence-corrected chi connectivity index (χ0v) is 14.2. The van der Waals surface area contributed by atoms with Gasteiger partial charge in [0.1, 0.15) is 0 Å². The predicted molar refractivity (Wildman–Crippen MR) is 89.7 cm³/mol. The topological polar surface area (TPSA) is 49.4 Å². The molecule has 2 aliphatic heterocycles. The monoisotopic (exact) mass is 320 g/mol. The van der Waals surface area contributed by atoms with Crippen LogP contribution in [0.4, 0.5) is 0 Å². The van der Waals surface area contributed by atoms with Crippen molar-refractivity contribution in [3.05, 3.63) is 41.6 Å². The van der Waals surface area contributed by atoms with Crippen molar-refractivity contribution < 1.29 is 8.42 Å². The van der Waals surface area contributed by atoms with E-state index < -0.39 is 10.0 Å². The van der Waals surface area contributed by atoms with Gasteiger partial charge in [-0.2, -0.15) is 0 Å². The molecule has 3 atom stereocenters. The van der Waals surface area contributed by atoms with E-state index in [1.165, 1.54) is 6.26 Å². The summed E-state index contributed by atoms with van der Waals surface area (Å²) in [6.07, 6.45) is 5.25. The molecule has 0 aromatic heterocycles. The molecule has 2 saturated heterocycles. The molecule has 0 unspecified atom stereocenters. The fraction of sp³-hybridized carbons (Fsp3) is 0.529. The molecule has 3 rings (SSSR count). The van der Waals surface area contributed by atoms with Crippen LogP contribution in [-0.4, -0.2) is 37.1 Å². The van der Waals surface area contributed by atoms with Gasteiger partial charge in [-0.1, -0.05) is 37.3 Å². The van der Waals surface area contributed by atoms with E-state index in [2.05, 4.69) is 19.2 Å². The van der Waals surface area contributed by atoms with Gasteiger partial charge in [0.25, 0.3) is 0 Å². The Morgan fingerprint density at radius 3 is 2.50 bits per heavy atom. The average Bonchev–Trinajstić information content (AvgIpc) is 2.93. The summed E-state index contributed by atoms with van der Waals surface area (Å²) < 4.78 is 26.0. The highest BCUT2D eigenvalue weighted by atomic mass is 32.2. The first-order chi connectivity index (χ1) is 10.3. The van der Waals surface area contributed by atoms with Gasteiger partial charge < -0.3 is 5.32 Å². The Hall–Kier alpha value is -1.33. The lowest BCUT2D eigenvalue weighted by Crippen LogP contribution is -2.46. The second-order valence-electron chi connectivity index (χ2n) is 6.68. The summed E-state index contributed by atoms with van der Waals surface area (Å²) in [6.45, 7) is 4.96. The van der Waals surface area contributed by atoms with E-state index >= 15 is 0 Å². The molecule has 4 nitrogen and oxygen atoms in total. The van der Waals surface area contributed by atoms with Crippen LogP contribution in [0.15, 0.2) is 36.0 Å². The maximum absolute atomic E-state index is 12.2. The van der Waals surface area contributed by atoms with Crippen LogP contribution in [0.25, 0.3) is 6.08 Å². The predicted octanol–water partition coefficient (Wildman–Crippen LogP) is 2.45. The van der Waals surface area contributed by atoms with Gasteiger partial charge in [-0.15, -0.1) is 0 Å². The van der Waals surface area contributed by atoms with Crippen LogP contribution in [0.3, 0.4) is 0 Å². The van der Waals surface area contributed by atoms with Crippen molar-refractivity contribution in [3.8, 4) is 0 Å². The molecule has 5 heteroatoms. The number of nitrogens with one attached hydrogen (secondary N) is 1. The van der Waals surface area contributed by atoms with E-state index in [0.717, 1.165) is 24.1 Å². The van der Waals surface area contributed by atoms with Crippen LogP contribution in [0, 0.1) is 5.92 Å². The molecule has 120 valence electrons. The zero-order valence-electron chi connectivity index (χ0n) is 13.4. The van der Waals surface area contributed by atoms with Crippen LogP contribution in [0.2, 0.25) is 0 Å². The number of hydrogen-bond acceptors (Lipinski definition) is 3. The van der Waals surface area contributed by atoms with Crippen LogP contribution < -0.4 is 5.32 Å². The van der Waals surface area contributed by atoms with Gasteiger partial charge in [0.15, 0.2) is 0 Å². The minimum Gasteiger partial charge on any atom is -0.303 e. The van der Waals surface area contributed by atoms with Crippen molar-refractivity contribution in [1.82, 2.24) is 9.62 Å². The molecule has 1 aromatic rings. The van der Waals surface area contributed by atoms with E-state index in [4.69, 9.17) is 0 Å². The molecule has 1 aromatic carbocycles. The van der Waals surface area contributed by atoms with E-state index in [1.807, 2.05) is 36.4 Å². The average molecular weight is 320 g/mol. The first-order valence-corrected chi connectivity index (χ1v) is 9.70. The van der Waals surface area contributed by atoms with Crippen LogP contribution in [0.5, 0.6) is 0 Å². The number of rotatable bonds is 2. The third-order valence-electron chi connectivity index (χ3n) is 4.99. The maximum atomic E-state index is 12.2. The first kappa shape index (κ1) is 15.6. The lowest BCUT2D eigenvalue weighted by Gasteiger charge is -2.33. The number of benzene rings is 1. The van der Waals surface area contributed by atoms with Gasteiger partial charge in [0, 0.05) is 18.3 Å². The van der Waals surface area contributed by atoms with Gasteiger partial charge in [-0.25, -0.2) is 8.42 Å². The second-order valence-corrected chi connectivity index (χ2v) is 8.59. The number of hydrogen-bond donors (Lipinski definition) is 1. The van der Waals surface area contributed by atoms with Crippen molar-refractivity contribution in [2.24, 2.45) is 5.92 Å². The van der Waals surface area contributed by atoms with Crippen LogP contribution >= 0.6 is 0 Å². The van der Waals surface area contributed by atoms with Gasteiger partial charge >= 0.3 is 0 Å². The molecule has 0 aliphatic carbocycles. The largest absolute Gasteiger partial charge is 0.303 e. The van der Waals surface area contributed by atoms with Gasteiger partial charge in [0.2, 0.25) is 10.0 Å². The van der Waals surface area contributed by atoms with Crippen LogP contribution in [-0.2, 0) is 10.0 Å². The second kappa shape index (κ2) is 5.39. The molecule has 1 spiro atoms. The molecular weight excluding hydrogens is 296 g/mol. The summed E-state index contributed by atoms with van der Waals surface area (Å²) in [4.78, 5) is 0. The fourth-order valence-corrected chi connectivity index (χ4v) is 5.01. The van der Waals surface area contributed by atoms with Crippen LogP contribution in [0.1, 0.15) is 32.3 Å².